The summed E-state index contributed by atoms with van der Waals surface area (Å²) in [6.45, 7) is 4.82. The quantitative estimate of drug-likeness (QED) is 0.863. The second-order valence-electron chi connectivity index (χ2n) is 5.99. The van der Waals surface area contributed by atoms with E-state index in [-0.39, 0.29) is 22.9 Å². The molecule has 3 rings (SSSR count). The molecule has 1 saturated heterocycles. The minimum Gasteiger partial charge on any atom is -0.353 e. The minimum atomic E-state index is -0.572. The van der Waals surface area contributed by atoms with E-state index in [1.807, 2.05) is 24.0 Å². The van der Waals surface area contributed by atoms with E-state index in [2.05, 4.69) is 27.4 Å². The summed E-state index contributed by atoms with van der Waals surface area (Å²) in [6.07, 6.45) is 1.27. The molecule has 1 atom stereocenters. The molecule has 1 aromatic heterocycles. The van der Waals surface area contributed by atoms with Crippen LogP contribution in [0.4, 0.5) is 10.2 Å². The number of amides is 1. The van der Waals surface area contributed by atoms with Crippen molar-refractivity contribution in [2.75, 3.05) is 18.0 Å². The van der Waals surface area contributed by atoms with Crippen LogP contribution >= 0.6 is 11.6 Å². The summed E-state index contributed by atoms with van der Waals surface area (Å²) in [4.78, 5) is 20.6. The SMILES string of the molecule is CC(=O)NC(C)c1ccc(C2CN(c3ncnc(Cl)c3F)C2)cc1. The number of hydrogen-bond donors (Lipinski definition) is 1. The van der Waals surface area contributed by atoms with Crippen LogP contribution in [0, 0.1) is 5.82 Å². The zero-order valence-corrected chi connectivity index (χ0v) is 14.2. The number of nitrogens with one attached hydrogen (secondary N) is 1. The molecule has 1 aromatic carbocycles. The van der Waals surface area contributed by atoms with Crippen molar-refractivity contribution in [2.24, 2.45) is 0 Å². The minimum absolute atomic E-state index is 0.0216. The predicted octanol–water partition coefficient (Wildman–Crippen LogP) is 3.07. The number of rotatable bonds is 4. The molecule has 1 aliphatic heterocycles. The molecule has 0 bridgehead atoms. The highest BCUT2D eigenvalue weighted by Gasteiger charge is 2.31. The van der Waals surface area contributed by atoms with Gasteiger partial charge in [-0.1, -0.05) is 35.9 Å². The smallest absolute Gasteiger partial charge is 0.217 e. The van der Waals surface area contributed by atoms with Crippen molar-refractivity contribution in [2.45, 2.75) is 25.8 Å². The first-order valence-corrected chi connectivity index (χ1v) is 8.11. The number of nitrogens with zero attached hydrogens (tertiary/aromatic N) is 3. The Morgan fingerprint density at radius 1 is 1.33 bits per heavy atom. The van der Waals surface area contributed by atoms with Gasteiger partial charge in [0.1, 0.15) is 6.33 Å². The van der Waals surface area contributed by atoms with Gasteiger partial charge in [0.2, 0.25) is 11.7 Å². The Labute approximate surface area is 144 Å². The molecule has 0 saturated carbocycles. The number of hydrogen-bond acceptors (Lipinski definition) is 4. The van der Waals surface area contributed by atoms with E-state index in [0.717, 1.165) is 5.56 Å². The van der Waals surface area contributed by atoms with Gasteiger partial charge in [0, 0.05) is 25.9 Å². The lowest BCUT2D eigenvalue weighted by molar-refractivity contribution is -0.119. The van der Waals surface area contributed by atoms with Gasteiger partial charge in [-0.15, -0.1) is 0 Å². The number of carbonyl (C=O) groups excluding carboxylic acids is 1. The second-order valence-corrected chi connectivity index (χ2v) is 6.35. The van der Waals surface area contributed by atoms with Crippen LogP contribution in [-0.2, 0) is 4.79 Å². The highest BCUT2D eigenvalue weighted by Crippen LogP contribution is 2.33. The number of halogens is 2. The zero-order chi connectivity index (χ0) is 17.3. The van der Waals surface area contributed by atoms with Gasteiger partial charge in [0.05, 0.1) is 6.04 Å². The summed E-state index contributed by atoms with van der Waals surface area (Å²) in [6, 6.07) is 8.12. The lowest BCUT2D eigenvalue weighted by Crippen LogP contribution is -2.46. The van der Waals surface area contributed by atoms with Crippen molar-refractivity contribution in [1.29, 1.82) is 0 Å². The Hall–Kier alpha value is -2.21. The molecule has 1 fully saturated rings. The maximum absolute atomic E-state index is 13.9. The lowest BCUT2D eigenvalue weighted by Gasteiger charge is -2.40. The van der Waals surface area contributed by atoms with Crippen LogP contribution in [-0.4, -0.2) is 29.0 Å². The normalized spacial score (nSPS) is 15.8. The van der Waals surface area contributed by atoms with Gasteiger partial charge in [-0.2, -0.15) is 4.39 Å². The molecular formula is C17H18ClFN4O. The fourth-order valence-corrected chi connectivity index (χ4v) is 3.00. The third-order valence-corrected chi connectivity index (χ3v) is 4.50. The lowest BCUT2D eigenvalue weighted by atomic mass is 9.90. The van der Waals surface area contributed by atoms with E-state index in [1.54, 1.807) is 0 Å². The van der Waals surface area contributed by atoms with E-state index < -0.39 is 5.82 Å². The van der Waals surface area contributed by atoms with Gasteiger partial charge in [0.25, 0.3) is 0 Å². The molecule has 126 valence electrons. The Bertz CT molecular complexity index is 747. The zero-order valence-electron chi connectivity index (χ0n) is 13.5. The number of aromatic nitrogens is 2. The molecule has 2 aromatic rings. The van der Waals surface area contributed by atoms with E-state index in [9.17, 15) is 9.18 Å². The van der Waals surface area contributed by atoms with Crippen molar-refractivity contribution >= 4 is 23.3 Å². The molecule has 5 nitrogen and oxygen atoms in total. The summed E-state index contributed by atoms with van der Waals surface area (Å²) in [7, 11) is 0. The molecule has 1 amide bonds. The molecule has 24 heavy (non-hydrogen) atoms. The summed E-state index contributed by atoms with van der Waals surface area (Å²) in [5, 5.41) is 2.71. The molecule has 0 aliphatic carbocycles. The molecule has 0 radical (unpaired) electrons. The van der Waals surface area contributed by atoms with Gasteiger partial charge >= 0.3 is 0 Å². The van der Waals surface area contributed by atoms with E-state index >= 15 is 0 Å². The Balaban J connectivity index is 1.64. The molecular weight excluding hydrogens is 331 g/mol. The summed E-state index contributed by atoms with van der Waals surface area (Å²) < 4.78 is 13.9. The largest absolute Gasteiger partial charge is 0.353 e. The Morgan fingerprint density at radius 3 is 2.62 bits per heavy atom. The molecule has 2 heterocycles. The van der Waals surface area contributed by atoms with Crippen LogP contribution < -0.4 is 10.2 Å². The van der Waals surface area contributed by atoms with Crippen LogP contribution in [0.15, 0.2) is 30.6 Å². The molecule has 1 N–H and O–H groups in total. The third kappa shape index (κ3) is 3.33. The topological polar surface area (TPSA) is 58.1 Å². The highest BCUT2D eigenvalue weighted by molar-refractivity contribution is 6.29. The summed E-state index contributed by atoms with van der Waals surface area (Å²) >= 11 is 5.69. The average molecular weight is 349 g/mol. The molecule has 0 spiro atoms. The van der Waals surface area contributed by atoms with Gasteiger partial charge in [-0.3, -0.25) is 4.79 Å². The van der Waals surface area contributed by atoms with Crippen molar-refractivity contribution in [3.63, 3.8) is 0 Å². The monoisotopic (exact) mass is 348 g/mol. The van der Waals surface area contributed by atoms with Crippen molar-refractivity contribution < 1.29 is 9.18 Å². The van der Waals surface area contributed by atoms with Gasteiger partial charge in [0.15, 0.2) is 11.0 Å². The van der Waals surface area contributed by atoms with Crippen LogP contribution in [0.25, 0.3) is 0 Å². The fourth-order valence-electron chi connectivity index (χ4n) is 2.87. The molecule has 7 heteroatoms. The van der Waals surface area contributed by atoms with Gasteiger partial charge < -0.3 is 10.2 Å². The summed E-state index contributed by atoms with van der Waals surface area (Å²) in [5.41, 5.74) is 2.24. The van der Waals surface area contributed by atoms with Crippen LogP contribution in [0.2, 0.25) is 5.15 Å². The van der Waals surface area contributed by atoms with Gasteiger partial charge in [-0.25, -0.2) is 9.97 Å². The Kier molecular flexibility index (Phi) is 4.66. The first kappa shape index (κ1) is 16.6. The molecule has 1 unspecified atom stereocenters. The van der Waals surface area contributed by atoms with Gasteiger partial charge in [-0.05, 0) is 18.1 Å². The van der Waals surface area contributed by atoms with Crippen LogP contribution in [0.3, 0.4) is 0 Å². The first-order valence-electron chi connectivity index (χ1n) is 7.73. The standard InChI is InChI=1S/C17H18ClFN4O/c1-10(22-11(2)24)12-3-5-13(6-4-12)14-7-23(8-14)17-15(19)16(18)20-9-21-17/h3-6,9-10,14H,7-8H2,1-2H3,(H,22,24). The van der Waals surface area contributed by atoms with E-state index in [4.69, 9.17) is 11.6 Å². The summed E-state index contributed by atoms with van der Waals surface area (Å²) in [5.74, 6) is -0.0470. The van der Waals surface area contributed by atoms with Crippen molar-refractivity contribution in [3.05, 3.63) is 52.7 Å². The second kappa shape index (κ2) is 6.73. The van der Waals surface area contributed by atoms with E-state index in [0.29, 0.717) is 19.0 Å². The maximum Gasteiger partial charge on any atom is 0.217 e. The highest BCUT2D eigenvalue weighted by atomic mass is 35.5. The van der Waals surface area contributed by atoms with E-state index in [1.165, 1.54) is 18.8 Å². The van der Waals surface area contributed by atoms with Crippen molar-refractivity contribution in [1.82, 2.24) is 15.3 Å². The number of benzene rings is 1. The third-order valence-electron chi connectivity index (χ3n) is 4.24. The molecule has 1 aliphatic rings. The Morgan fingerprint density at radius 2 is 2.00 bits per heavy atom. The average Bonchev–Trinajstić information content (AvgIpc) is 2.50. The number of anilines is 1. The van der Waals surface area contributed by atoms with Crippen LogP contribution in [0.5, 0.6) is 0 Å². The predicted molar refractivity (Wildman–Crippen MR) is 90.6 cm³/mol. The van der Waals surface area contributed by atoms with Crippen molar-refractivity contribution in [3.8, 4) is 0 Å². The fraction of sp³-hybridized carbons (Fsp3) is 0.353. The van der Waals surface area contributed by atoms with Crippen LogP contribution in [0.1, 0.15) is 36.9 Å². The number of carbonyl (C=O) groups is 1. The maximum atomic E-state index is 13.9. The first-order chi connectivity index (χ1) is 11.5.